The Bertz CT molecular complexity index is 990. The highest BCUT2D eigenvalue weighted by atomic mass is 19.4. The number of alkyl halides is 3. The van der Waals surface area contributed by atoms with E-state index in [9.17, 15) is 22.8 Å². The van der Waals surface area contributed by atoms with Gasteiger partial charge in [-0.15, -0.1) is 0 Å². The Labute approximate surface area is 184 Å². The van der Waals surface area contributed by atoms with Crippen molar-refractivity contribution in [3.63, 3.8) is 0 Å². The van der Waals surface area contributed by atoms with Gasteiger partial charge in [-0.25, -0.2) is 4.79 Å². The number of Topliss-reactive ketones (excluding diaryl/α,β-unsaturated/α-hetero) is 1. The fourth-order valence-corrected chi connectivity index (χ4v) is 4.23. The predicted molar refractivity (Wildman–Crippen MR) is 113 cm³/mol. The average Bonchev–Trinajstić information content (AvgIpc) is 3.46. The van der Waals surface area contributed by atoms with Gasteiger partial charge in [0.1, 0.15) is 5.69 Å². The number of carbonyl (C=O) groups excluding carboxylic acids is 2. The molecule has 0 spiro atoms. The molecule has 2 aliphatic rings. The van der Waals surface area contributed by atoms with E-state index in [-0.39, 0.29) is 17.5 Å². The summed E-state index contributed by atoms with van der Waals surface area (Å²) in [5.41, 5.74) is 1.15. The van der Waals surface area contributed by atoms with Crippen LogP contribution in [-0.2, 0) is 12.7 Å². The number of hydrogen-bond acceptors (Lipinski definition) is 5. The third kappa shape index (κ3) is 4.79. The largest absolute Gasteiger partial charge is 0.416 e. The third-order valence-electron chi connectivity index (χ3n) is 6.04. The van der Waals surface area contributed by atoms with Gasteiger partial charge < -0.3 is 9.80 Å². The Morgan fingerprint density at radius 2 is 1.69 bits per heavy atom. The van der Waals surface area contributed by atoms with Gasteiger partial charge in [0.05, 0.1) is 5.56 Å². The van der Waals surface area contributed by atoms with Gasteiger partial charge in [0.15, 0.2) is 5.78 Å². The molecule has 10 heteroatoms. The highest BCUT2D eigenvalue weighted by molar-refractivity contribution is 5.92. The molecular weight excluding hydrogens is 423 g/mol. The number of piperazine rings is 1. The molecule has 0 aliphatic carbocycles. The van der Waals surface area contributed by atoms with Crippen LogP contribution in [0.25, 0.3) is 0 Å². The molecule has 3 heterocycles. The Morgan fingerprint density at radius 3 is 2.28 bits per heavy atom. The van der Waals surface area contributed by atoms with Gasteiger partial charge in [-0.1, -0.05) is 6.07 Å². The van der Waals surface area contributed by atoms with E-state index >= 15 is 0 Å². The van der Waals surface area contributed by atoms with Crippen LogP contribution in [0.5, 0.6) is 0 Å². The number of halogens is 3. The van der Waals surface area contributed by atoms with E-state index in [4.69, 9.17) is 0 Å². The van der Waals surface area contributed by atoms with Crippen LogP contribution in [0.4, 0.5) is 23.7 Å². The molecule has 2 saturated heterocycles. The van der Waals surface area contributed by atoms with E-state index in [0.29, 0.717) is 38.4 Å². The predicted octanol–water partition coefficient (Wildman–Crippen LogP) is 3.49. The number of ketones is 1. The van der Waals surface area contributed by atoms with Gasteiger partial charge in [0.25, 0.3) is 0 Å². The quantitative estimate of drug-likeness (QED) is 0.669. The smallest absolute Gasteiger partial charge is 0.371 e. The number of carbonyl (C=O) groups is 2. The maximum Gasteiger partial charge on any atom is 0.416 e. The number of hydrogen-bond donors (Lipinski definition) is 0. The lowest BCUT2D eigenvalue weighted by Crippen LogP contribution is -2.49. The number of rotatable bonds is 4. The molecule has 4 rings (SSSR count). The lowest BCUT2D eigenvalue weighted by molar-refractivity contribution is -0.137. The molecule has 0 N–H and O–H groups in total. The molecule has 2 aliphatic heterocycles. The van der Waals surface area contributed by atoms with Gasteiger partial charge in [0.2, 0.25) is 0 Å². The van der Waals surface area contributed by atoms with Crippen molar-refractivity contribution in [2.24, 2.45) is 0 Å². The number of benzene rings is 1. The van der Waals surface area contributed by atoms with Gasteiger partial charge in [0, 0.05) is 64.6 Å². The average molecular weight is 449 g/mol. The summed E-state index contributed by atoms with van der Waals surface area (Å²) >= 11 is 0. The van der Waals surface area contributed by atoms with Crippen molar-refractivity contribution in [1.29, 1.82) is 0 Å². The van der Waals surface area contributed by atoms with Crippen LogP contribution in [0.15, 0.2) is 30.5 Å². The Kier molecular flexibility index (Phi) is 6.23. The zero-order valence-corrected chi connectivity index (χ0v) is 17.9. The molecule has 1 aromatic carbocycles. The first-order valence-corrected chi connectivity index (χ1v) is 10.8. The van der Waals surface area contributed by atoms with Crippen LogP contribution in [0.1, 0.15) is 41.4 Å². The van der Waals surface area contributed by atoms with Gasteiger partial charge in [-0.05, 0) is 36.6 Å². The fraction of sp³-hybridized carbons (Fsp3) is 0.500. The zero-order chi connectivity index (χ0) is 22.9. The van der Waals surface area contributed by atoms with E-state index in [0.717, 1.165) is 37.6 Å². The lowest BCUT2D eigenvalue weighted by Gasteiger charge is -2.35. The summed E-state index contributed by atoms with van der Waals surface area (Å²) in [5.74, 6) is -0.202. The number of amides is 1. The highest BCUT2D eigenvalue weighted by Gasteiger charge is 2.32. The maximum atomic E-state index is 13.3. The van der Waals surface area contributed by atoms with E-state index < -0.39 is 11.7 Å². The Balaban J connectivity index is 1.42. The van der Waals surface area contributed by atoms with Crippen molar-refractivity contribution >= 4 is 17.5 Å². The standard InChI is InChI=1S/C22H26F3N5O2/c1-16(31)19-6-9-30(26-19)21(32)29-12-10-27(11-13-29)15-17-4-5-18(22(23,24)25)14-20(17)28-7-2-3-8-28/h4-6,9,14H,2-3,7-8,10-13,15H2,1H3. The summed E-state index contributed by atoms with van der Waals surface area (Å²) in [4.78, 5) is 29.9. The summed E-state index contributed by atoms with van der Waals surface area (Å²) in [7, 11) is 0. The summed E-state index contributed by atoms with van der Waals surface area (Å²) < 4.78 is 40.9. The number of anilines is 1. The topological polar surface area (TPSA) is 61.7 Å². The van der Waals surface area contributed by atoms with Crippen molar-refractivity contribution in [2.45, 2.75) is 32.5 Å². The first kappa shape index (κ1) is 22.3. The molecule has 1 amide bonds. The molecule has 0 saturated carbocycles. The molecular formula is C22H26F3N5O2. The van der Waals surface area contributed by atoms with Crippen LogP contribution < -0.4 is 4.90 Å². The van der Waals surface area contributed by atoms with Crippen molar-refractivity contribution in [3.8, 4) is 0 Å². The monoisotopic (exact) mass is 449 g/mol. The molecule has 172 valence electrons. The van der Waals surface area contributed by atoms with Crippen molar-refractivity contribution in [1.82, 2.24) is 19.6 Å². The molecule has 0 atom stereocenters. The fourth-order valence-electron chi connectivity index (χ4n) is 4.23. The second kappa shape index (κ2) is 8.93. The van der Waals surface area contributed by atoms with E-state index in [1.165, 1.54) is 29.9 Å². The Hall–Kier alpha value is -2.88. The second-order valence-electron chi connectivity index (χ2n) is 8.28. The van der Waals surface area contributed by atoms with Crippen molar-refractivity contribution in [3.05, 3.63) is 47.3 Å². The first-order chi connectivity index (χ1) is 15.2. The summed E-state index contributed by atoms with van der Waals surface area (Å²) in [5, 5.41) is 4.02. The molecule has 0 radical (unpaired) electrons. The molecule has 0 unspecified atom stereocenters. The zero-order valence-electron chi connectivity index (χ0n) is 17.9. The summed E-state index contributed by atoms with van der Waals surface area (Å²) in [6.45, 7) is 5.63. The maximum absolute atomic E-state index is 13.3. The normalized spacial score (nSPS) is 17.8. The van der Waals surface area contributed by atoms with E-state index in [1.54, 1.807) is 11.0 Å². The first-order valence-electron chi connectivity index (χ1n) is 10.8. The van der Waals surface area contributed by atoms with Gasteiger partial charge in [-0.2, -0.15) is 23.0 Å². The van der Waals surface area contributed by atoms with Crippen LogP contribution in [0, 0.1) is 0 Å². The molecule has 0 bridgehead atoms. The number of aromatic nitrogens is 2. The van der Waals surface area contributed by atoms with Crippen LogP contribution in [-0.4, -0.2) is 70.7 Å². The minimum atomic E-state index is -4.37. The lowest BCUT2D eigenvalue weighted by atomic mass is 10.1. The molecule has 2 fully saturated rings. The van der Waals surface area contributed by atoms with Crippen LogP contribution in [0.3, 0.4) is 0 Å². The van der Waals surface area contributed by atoms with Crippen LogP contribution in [0.2, 0.25) is 0 Å². The van der Waals surface area contributed by atoms with E-state index in [2.05, 4.69) is 10.00 Å². The van der Waals surface area contributed by atoms with Crippen molar-refractivity contribution < 1.29 is 22.8 Å². The minimum absolute atomic E-state index is 0.202. The summed E-state index contributed by atoms with van der Waals surface area (Å²) in [6.07, 6.45) is -0.922. The molecule has 7 nitrogen and oxygen atoms in total. The second-order valence-corrected chi connectivity index (χ2v) is 8.28. The molecule has 32 heavy (non-hydrogen) atoms. The Morgan fingerprint density at radius 1 is 1.00 bits per heavy atom. The SMILES string of the molecule is CC(=O)c1ccn(C(=O)N2CCN(Cc3ccc(C(F)(F)F)cc3N3CCCC3)CC2)n1. The molecule has 1 aromatic heterocycles. The van der Waals surface area contributed by atoms with Crippen LogP contribution >= 0.6 is 0 Å². The number of nitrogens with zero attached hydrogens (tertiary/aromatic N) is 5. The summed E-state index contributed by atoms with van der Waals surface area (Å²) in [6, 6.07) is 5.23. The molecule has 2 aromatic rings. The van der Waals surface area contributed by atoms with E-state index in [1.807, 2.05) is 4.90 Å². The third-order valence-corrected chi connectivity index (χ3v) is 6.04. The van der Waals surface area contributed by atoms with Gasteiger partial charge in [-0.3, -0.25) is 9.69 Å². The van der Waals surface area contributed by atoms with Crippen molar-refractivity contribution in [2.75, 3.05) is 44.2 Å². The minimum Gasteiger partial charge on any atom is -0.371 e. The van der Waals surface area contributed by atoms with Gasteiger partial charge >= 0.3 is 12.2 Å². The highest BCUT2D eigenvalue weighted by Crippen LogP contribution is 2.35.